The number of piperidine rings is 1. The summed E-state index contributed by atoms with van der Waals surface area (Å²) in [6.07, 6.45) is 2.49. The highest BCUT2D eigenvalue weighted by Gasteiger charge is 2.25. The monoisotopic (exact) mass is 228 g/mol. The molecule has 0 aromatic heterocycles. The molecule has 94 valence electrons. The van der Waals surface area contributed by atoms with Crippen molar-refractivity contribution in [3.8, 4) is 0 Å². The number of nitrogens with zero attached hydrogens (tertiary/aromatic N) is 1. The summed E-state index contributed by atoms with van der Waals surface area (Å²) < 4.78 is 4.71. The van der Waals surface area contributed by atoms with Crippen LogP contribution in [0, 0.1) is 5.92 Å². The van der Waals surface area contributed by atoms with Gasteiger partial charge in [0.05, 0.1) is 7.11 Å². The van der Waals surface area contributed by atoms with Gasteiger partial charge in [0.2, 0.25) is 0 Å². The van der Waals surface area contributed by atoms with Crippen LogP contribution in [0.3, 0.4) is 0 Å². The fraction of sp³-hybridized carbons (Fsp3) is 0.917. The SMILES string of the molecule is COC(=O)[C@H](C)NC(C)C1CCCN(C)C1. The lowest BCUT2D eigenvalue weighted by molar-refractivity contribution is -0.142. The Morgan fingerprint density at radius 3 is 2.75 bits per heavy atom. The topological polar surface area (TPSA) is 41.6 Å². The largest absolute Gasteiger partial charge is 0.468 e. The Hall–Kier alpha value is -0.610. The normalized spacial score (nSPS) is 26.1. The van der Waals surface area contributed by atoms with Gasteiger partial charge in [-0.2, -0.15) is 0 Å². The van der Waals surface area contributed by atoms with Gasteiger partial charge >= 0.3 is 5.97 Å². The smallest absolute Gasteiger partial charge is 0.322 e. The number of esters is 1. The summed E-state index contributed by atoms with van der Waals surface area (Å²) in [5, 5.41) is 3.32. The molecule has 0 saturated carbocycles. The maximum atomic E-state index is 11.3. The fourth-order valence-electron chi connectivity index (χ4n) is 2.39. The quantitative estimate of drug-likeness (QED) is 0.725. The maximum absolute atomic E-state index is 11.3. The van der Waals surface area contributed by atoms with Crippen molar-refractivity contribution >= 4 is 5.97 Å². The van der Waals surface area contributed by atoms with Crippen molar-refractivity contribution in [2.45, 2.75) is 38.8 Å². The van der Waals surface area contributed by atoms with E-state index in [1.54, 1.807) is 0 Å². The number of likely N-dealkylation sites (tertiary alicyclic amines) is 1. The molecule has 0 bridgehead atoms. The number of hydrogen-bond acceptors (Lipinski definition) is 4. The van der Waals surface area contributed by atoms with Gasteiger partial charge in [-0.15, -0.1) is 0 Å². The second-order valence-electron chi connectivity index (χ2n) is 4.86. The molecular formula is C12H24N2O2. The van der Waals surface area contributed by atoms with Gasteiger partial charge in [-0.3, -0.25) is 4.79 Å². The maximum Gasteiger partial charge on any atom is 0.322 e. The molecule has 3 atom stereocenters. The van der Waals surface area contributed by atoms with Crippen LogP contribution in [0.25, 0.3) is 0 Å². The van der Waals surface area contributed by atoms with E-state index in [4.69, 9.17) is 4.74 Å². The molecule has 1 fully saturated rings. The molecule has 1 heterocycles. The molecule has 0 aromatic rings. The van der Waals surface area contributed by atoms with E-state index in [0.29, 0.717) is 12.0 Å². The number of ether oxygens (including phenoxy) is 1. The second-order valence-corrected chi connectivity index (χ2v) is 4.86. The third kappa shape index (κ3) is 3.76. The third-order valence-corrected chi connectivity index (χ3v) is 3.44. The van der Waals surface area contributed by atoms with Gasteiger partial charge in [0.25, 0.3) is 0 Å². The number of carbonyl (C=O) groups excluding carboxylic acids is 1. The van der Waals surface area contributed by atoms with Crippen molar-refractivity contribution in [2.24, 2.45) is 5.92 Å². The van der Waals surface area contributed by atoms with E-state index >= 15 is 0 Å². The van der Waals surface area contributed by atoms with E-state index in [1.807, 2.05) is 6.92 Å². The first kappa shape index (κ1) is 13.5. The zero-order chi connectivity index (χ0) is 12.1. The molecule has 1 aliphatic heterocycles. The van der Waals surface area contributed by atoms with Crippen molar-refractivity contribution in [3.05, 3.63) is 0 Å². The molecule has 0 radical (unpaired) electrons. The van der Waals surface area contributed by atoms with Crippen LogP contribution in [0.5, 0.6) is 0 Å². The number of carbonyl (C=O) groups is 1. The van der Waals surface area contributed by atoms with E-state index in [1.165, 1.54) is 26.5 Å². The van der Waals surface area contributed by atoms with Crippen LogP contribution in [-0.2, 0) is 9.53 Å². The Kier molecular flexibility index (Phi) is 5.22. The molecule has 1 saturated heterocycles. The molecule has 0 aliphatic carbocycles. The summed E-state index contributed by atoms with van der Waals surface area (Å²) in [4.78, 5) is 13.7. The van der Waals surface area contributed by atoms with E-state index in [9.17, 15) is 4.79 Å². The van der Waals surface area contributed by atoms with Crippen molar-refractivity contribution in [1.29, 1.82) is 0 Å². The Morgan fingerprint density at radius 2 is 2.19 bits per heavy atom. The molecule has 4 nitrogen and oxygen atoms in total. The van der Waals surface area contributed by atoms with Gasteiger partial charge in [0.1, 0.15) is 6.04 Å². The van der Waals surface area contributed by atoms with Crippen LogP contribution in [0.1, 0.15) is 26.7 Å². The Labute approximate surface area is 98.3 Å². The van der Waals surface area contributed by atoms with Crippen molar-refractivity contribution in [1.82, 2.24) is 10.2 Å². The number of nitrogens with one attached hydrogen (secondary N) is 1. The van der Waals surface area contributed by atoms with Gasteiger partial charge in [-0.1, -0.05) is 0 Å². The Morgan fingerprint density at radius 1 is 1.50 bits per heavy atom. The van der Waals surface area contributed by atoms with Crippen LogP contribution in [0.2, 0.25) is 0 Å². The standard InChI is InChI=1S/C12H24N2O2/c1-9(13-10(2)12(15)16-4)11-6-5-7-14(3)8-11/h9-11,13H,5-8H2,1-4H3/t9?,10-,11?/m0/s1. The number of methoxy groups -OCH3 is 1. The van der Waals surface area contributed by atoms with Gasteiger partial charge in [0, 0.05) is 12.6 Å². The second kappa shape index (κ2) is 6.21. The summed E-state index contributed by atoms with van der Waals surface area (Å²) in [6, 6.07) is 0.143. The molecule has 1 N–H and O–H groups in total. The molecule has 1 rings (SSSR count). The molecule has 0 spiro atoms. The Balaban J connectivity index is 2.38. The van der Waals surface area contributed by atoms with Crippen molar-refractivity contribution in [3.63, 3.8) is 0 Å². The van der Waals surface area contributed by atoms with Crippen LogP contribution in [0.4, 0.5) is 0 Å². The highest BCUT2D eigenvalue weighted by Crippen LogP contribution is 2.18. The van der Waals surface area contributed by atoms with E-state index in [-0.39, 0.29) is 12.0 Å². The highest BCUT2D eigenvalue weighted by molar-refractivity contribution is 5.75. The van der Waals surface area contributed by atoms with Gasteiger partial charge < -0.3 is 15.0 Å². The van der Waals surface area contributed by atoms with Crippen molar-refractivity contribution < 1.29 is 9.53 Å². The Bertz CT molecular complexity index is 233. The first-order chi connectivity index (χ1) is 7.54. The predicted octanol–water partition coefficient (Wildman–Crippen LogP) is 0.868. The zero-order valence-electron chi connectivity index (χ0n) is 10.8. The van der Waals surface area contributed by atoms with Crippen molar-refractivity contribution in [2.75, 3.05) is 27.2 Å². The fourth-order valence-corrected chi connectivity index (χ4v) is 2.39. The van der Waals surface area contributed by atoms with Crippen LogP contribution >= 0.6 is 0 Å². The lowest BCUT2D eigenvalue weighted by Gasteiger charge is -2.34. The average molecular weight is 228 g/mol. The zero-order valence-corrected chi connectivity index (χ0v) is 10.8. The summed E-state index contributed by atoms with van der Waals surface area (Å²) in [5.74, 6) is 0.446. The summed E-state index contributed by atoms with van der Waals surface area (Å²) in [5.41, 5.74) is 0. The van der Waals surface area contributed by atoms with Crippen LogP contribution in [-0.4, -0.2) is 50.2 Å². The van der Waals surface area contributed by atoms with Crippen LogP contribution in [0.15, 0.2) is 0 Å². The lowest BCUT2D eigenvalue weighted by atomic mass is 9.91. The summed E-state index contributed by atoms with van der Waals surface area (Å²) in [7, 11) is 3.59. The van der Waals surface area contributed by atoms with E-state index < -0.39 is 0 Å². The van der Waals surface area contributed by atoms with Gasteiger partial charge in [-0.25, -0.2) is 0 Å². The van der Waals surface area contributed by atoms with Gasteiger partial charge in [-0.05, 0) is 46.2 Å². The molecule has 0 aromatic carbocycles. The third-order valence-electron chi connectivity index (χ3n) is 3.44. The first-order valence-corrected chi connectivity index (χ1v) is 6.07. The molecule has 4 heteroatoms. The van der Waals surface area contributed by atoms with E-state index in [2.05, 4.69) is 24.2 Å². The molecule has 1 aliphatic rings. The molecule has 16 heavy (non-hydrogen) atoms. The number of hydrogen-bond donors (Lipinski definition) is 1. The van der Waals surface area contributed by atoms with E-state index in [0.717, 1.165) is 6.54 Å². The lowest BCUT2D eigenvalue weighted by Crippen LogP contribution is -2.48. The molecule has 0 amide bonds. The minimum absolute atomic E-state index is 0.184. The number of rotatable bonds is 4. The molecular weight excluding hydrogens is 204 g/mol. The minimum Gasteiger partial charge on any atom is -0.468 e. The first-order valence-electron chi connectivity index (χ1n) is 6.07. The molecule has 2 unspecified atom stereocenters. The predicted molar refractivity (Wildman–Crippen MR) is 64.3 cm³/mol. The van der Waals surface area contributed by atoms with Crippen LogP contribution < -0.4 is 5.32 Å². The summed E-state index contributed by atoms with van der Waals surface area (Å²) >= 11 is 0. The summed E-state index contributed by atoms with van der Waals surface area (Å²) in [6.45, 7) is 6.32. The highest BCUT2D eigenvalue weighted by atomic mass is 16.5. The average Bonchev–Trinajstić information content (AvgIpc) is 2.27. The van der Waals surface area contributed by atoms with Gasteiger partial charge in [0.15, 0.2) is 0 Å². The minimum atomic E-state index is -0.216.